The highest BCUT2D eigenvalue weighted by atomic mass is 16.5. The summed E-state index contributed by atoms with van der Waals surface area (Å²) in [6.45, 7) is 0. The molecule has 0 fully saturated rings. The van der Waals surface area contributed by atoms with Crippen LogP contribution >= 0.6 is 0 Å². The van der Waals surface area contributed by atoms with Gasteiger partial charge in [0.1, 0.15) is 23.5 Å². The van der Waals surface area contributed by atoms with Gasteiger partial charge in [0, 0.05) is 24.1 Å². The topological polar surface area (TPSA) is 44.8 Å². The zero-order valence-electron chi connectivity index (χ0n) is 9.07. The van der Waals surface area contributed by atoms with Gasteiger partial charge in [0.05, 0.1) is 21.3 Å². The number of benzene rings is 1. The summed E-state index contributed by atoms with van der Waals surface area (Å²) < 4.78 is 15.4. The Hall–Kier alpha value is -1.71. The second-order valence-corrected chi connectivity index (χ2v) is 2.88. The number of methoxy groups -OCH3 is 3. The second-order valence-electron chi connectivity index (χ2n) is 2.88. The average Bonchev–Trinajstić information content (AvgIpc) is 2.29. The van der Waals surface area contributed by atoms with Crippen molar-refractivity contribution >= 4 is 6.29 Å². The third-order valence-corrected chi connectivity index (χ3v) is 2.10. The normalized spacial score (nSPS) is 9.53. The molecule has 0 saturated carbocycles. The summed E-state index contributed by atoms with van der Waals surface area (Å²) in [6.07, 6.45) is 1.07. The number of ether oxygens (including phenoxy) is 3. The zero-order valence-corrected chi connectivity index (χ0v) is 9.07. The first-order chi connectivity index (χ1) is 7.26. The quantitative estimate of drug-likeness (QED) is 0.690. The van der Waals surface area contributed by atoms with Crippen LogP contribution in [0, 0.1) is 0 Å². The van der Waals surface area contributed by atoms with Crippen LogP contribution in [0.25, 0.3) is 0 Å². The highest BCUT2D eigenvalue weighted by molar-refractivity contribution is 5.62. The van der Waals surface area contributed by atoms with Crippen LogP contribution in [-0.2, 0) is 11.2 Å². The first-order valence-corrected chi connectivity index (χ1v) is 4.49. The molecule has 0 radical (unpaired) electrons. The minimum absolute atomic E-state index is 0.260. The van der Waals surface area contributed by atoms with Gasteiger partial charge in [0.15, 0.2) is 0 Å². The van der Waals surface area contributed by atoms with Crippen molar-refractivity contribution in [3.8, 4) is 17.2 Å². The van der Waals surface area contributed by atoms with E-state index in [1.54, 1.807) is 33.5 Å². The highest BCUT2D eigenvalue weighted by Gasteiger charge is 2.12. The molecule has 0 atom stereocenters. The smallest absolute Gasteiger partial charge is 0.129 e. The Morgan fingerprint density at radius 2 is 1.60 bits per heavy atom. The largest absolute Gasteiger partial charge is 0.496 e. The van der Waals surface area contributed by atoms with Crippen molar-refractivity contribution in [2.75, 3.05) is 21.3 Å². The Bertz CT molecular complexity index is 321. The molecule has 4 heteroatoms. The average molecular weight is 210 g/mol. The van der Waals surface area contributed by atoms with Crippen molar-refractivity contribution in [2.24, 2.45) is 0 Å². The van der Waals surface area contributed by atoms with Crippen LogP contribution in [-0.4, -0.2) is 27.6 Å². The monoisotopic (exact) mass is 210 g/mol. The van der Waals surface area contributed by atoms with E-state index in [1.165, 1.54) is 0 Å². The van der Waals surface area contributed by atoms with Crippen LogP contribution in [0.5, 0.6) is 17.2 Å². The van der Waals surface area contributed by atoms with Crippen molar-refractivity contribution in [1.82, 2.24) is 0 Å². The van der Waals surface area contributed by atoms with Gasteiger partial charge < -0.3 is 19.0 Å². The summed E-state index contributed by atoms with van der Waals surface area (Å²) >= 11 is 0. The summed E-state index contributed by atoms with van der Waals surface area (Å²) in [5.41, 5.74) is 0.732. The van der Waals surface area contributed by atoms with E-state index >= 15 is 0 Å². The SMILES string of the molecule is COc1cc(OC)c(CC=O)c(OC)c1. The fourth-order valence-electron chi connectivity index (χ4n) is 1.36. The first kappa shape index (κ1) is 11.4. The van der Waals surface area contributed by atoms with Crippen LogP contribution in [0.15, 0.2) is 12.1 Å². The van der Waals surface area contributed by atoms with Gasteiger partial charge in [-0.25, -0.2) is 0 Å². The minimum atomic E-state index is 0.260. The number of rotatable bonds is 5. The molecule has 1 aromatic rings. The molecule has 1 rings (SSSR count). The van der Waals surface area contributed by atoms with Crippen molar-refractivity contribution < 1.29 is 19.0 Å². The maximum absolute atomic E-state index is 10.5. The Balaban J connectivity index is 3.25. The molecule has 0 aromatic heterocycles. The Labute approximate surface area is 88.8 Å². The molecule has 0 aliphatic carbocycles. The molecule has 0 spiro atoms. The summed E-state index contributed by atoms with van der Waals surface area (Å²) in [7, 11) is 4.65. The summed E-state index contributed by atoms with van der Waals surface area (Å²) in [4.78, 5) is 10.5. The standard InChI is InChI=1S/C11H14O4/c1-13-8-6-10(14-2)9(4-5-12)11(7-8)15-3/h5-7H,4H2,1-3H3. The molecule has 0 heterocycles. The van der Waals surface area contributed by atoms with Crippen LogP contribution in [0.3, 0.4) is 0 Å². The van der Waals surface area contributed by atoms with E-state index in [-0.39, 0.29) is 6.42 Å². The lowest BCUT2D eigenvalue weighted by atomic mass is 10.1. The van der Waals surface area contributed by atoms with Gasteiger partial charge in [-0.2, -0.15) is 0 Å². The van der Waals surface area contributed by atoms with Gasteiger partial charge in [-0.05, 0) is 0 Å². The maximum atomic E-state index is 10.5. The Morgan fingerprint density at radius 1 is 1.07 bits per heavy atom. The van der Waals surface area contributed by atoms with E-state index in [0.717, 1.165) is 11.8 Å². The third-order valence-electron chi connectivity index (χ3n) is 2.10. The molecule has 0 aliphatic rings. The molecule has 0 saturated heterocycles. The van der Waals surface area contributed by atoms with Crippen LogP contribution < -0.4 is 14.2 Å². The minimum Gasteiger partial charge on any atom is -0.496 e. The zero-order chi connectivity index (χ0) is 11.3. The van der Waals surface area contributed by atoms with Gasteiger partial charge in [-0.15, -0.1) is 0 Å². The molecule has 0 amide bonds. The Kier molecular flexibility index (Phi) is 3.97. The highest BCUT2D eigenvalue weighted by Crippen LogP contribution is 2.33. The lowest BCUT2D eigenvalue weighted by Crippen LogP contribution is -1.99. The first-order valence-electron chi connectivity index (χ1n) is 4.49. The van der Waals surface area contributed by atoms with E-state index < -0.39 is 0 Å². The molecular weight excluding hydrogens is 196 g/mol. The molecule has 82 valence electrons. The number of carbonyl (C=O) groups excluding carboxylic acids is 1. The molecule has 0 bridgehead atoms. The van der Waals surface area contributed by atoms with Crippen molar-refractivity contribution in [3.05, 3.63) is 17.7 Å². The van der Waals surface area contributed by atoms with Crippen molar-refractivity contribution in [3.63, 3.8) is 0 Å². The number of aldehydes is 1. The fourth-order valence-corrected chi connectivity index (χ4v) is 1.36. The van der Waals surface area contributed by atoms with Gasteiger partial charge in [0.25, 0.3) is 0 Å². The summed E-state index contributed by atoms with van der Waals surface area (Å²) in [6, 6.07) is 3.45. The second kappa shape index (κ2) is 5.24. The van der Waals surface area contributed by atoms with Gasteiger partial charge in [-0.1, -0.05) is 0 Å². The third kappa shape index (κ3) is 2.40. The van der Waals surface area contributed by atoms with Crippen molar-refractivity contribution in [2.45, 2.75) is 6.42 Å². The van der Waals surface area contributed by atoms with Crippen LogP contribution in [0.2, 0.25) is 0 Å². The van der Waals surface area contributed by atoms with Gasteiger partial charge in [0.2, 0.25) is 0 Å². The lowest BCUT2D eigenvalue weighted by molar-refractivity contribution is -0.107. The molecule has 4 nitrogen and oxygen atoms in total. The lowest BCUT2D eigenvalue weighted by Gasteiger charge is -2.13. The van der Waals surface area contributed by atoms with Crippen LogP contribution in [0.4, 0.5) is 0 Å². The molecule has 15 heavy (non-hydrogen) atoms. The van der Waals surface area contributed by atoms with Crippen LogP contribution in [0.1, 0.15) is 5.56 Å². The van der Waals surface area contributed by atoms with Crippen molar-refractivity contribution in [1.29, 1.82) is 0 Å². The summed E-state index contributed by atoms with van der Waals surface area (Å²) in [5, 5.41) is 0. The number of carbonyl (C=O) groups is 1. The fraction of sp³-hybridized carbons (Fsp3) is 0.364. The van der Waals surface area contributed by atoms with Gasteiger partial charge >= 0.3 is 0 Å². The Morgan fingerprint density at radius 3 is 1.93 bits per heavy atom. The van der Waals surface area contributed by atoms with E-state index in [2.05, 4.69) is 0 Å². The predicted molar refractivity (Wildman–Crippen MR) is 55.9 cm³/mol. The maximum Gasteiger partial charge on any atom is 0.129 e. The molecule has 0 N–H and O–H groups in total. The molecule has 1 aromatic carbocycles. The summed E-state index contributed by atoms with van der Waals surface area (Å²) in [5.74, 6) is 1.83. The van der Waals surface area contributed by atoms with E-state index in [0.29, 0.717) is 17.2 Å². The molecular formula is C11H14O4. The van der Waals surface area contributed by atoms with Gasteiger partial charge in [-0.3, -0.25) is 0 Å². The number of hydrogen-bond donors (Lipinski definition) is 0. The van der Waals surface area contributed by atoms with E-state index in [4.69, 9.17) is 14.2 Å². The molecule has 0 aliphatic heterocycles. The van der Waals surface area contributed by atoms with E-state index in [9.17, 15) is 4.79 Å². The predicted octanol–water partition coefficient (Wildman–Crippen LogP) is 1.45. The number of hydrogen-bond acceptors (Lipinski definition) is 4. The van der Waals surface area contributed by atoms with E-state index in [1.807, 2.05) is 0 Å². The molecule has 0 unspecified atom stereocenters.